The zero-order valence-electron chi connectivity index (χ0n) is 18.7. The molecule has 0 radical (unpaired) electrons. The van der Waals surface area contributed by atoms with Crippen molar-refractivity contribution in [2.24, 2.45) is 5.10 Å². The Kier molecular flexibility index (Phi) is 8.12. The van der Waals surface area contributed by atoms with Crippen LogP contribution in [0.4, 0.5) is 4.39 Å². The number of nitrogens with one attached hydrogen (secondary N) is 1. The van der Waals surface area contributed by atoms with Gasteiger partial charge in [-0.2, -0.15) is 5.10 Å². The molecule has 1 aromatic heterocycles. The number of rotatable bonds is 9. The van der Waals surface area contributed by atoms with Crippen LogP contribution in [0.5, 0.6) is 5.75 Å². The van der Waals surface area contributed by atoms with Gasteiger partial charge < -0.3 is 4.74 Å². The van der Waals surface area contributed by atoms with E-state index >= 15 is 0 Å². The third-order valence-corrected chi connectivity index (χ3v) is 5.93. The summed E-state index contributed by atoms with van der Waals surface area (Å²) in [7, 11) is 0. The van der Waals surface area contributed by atoms with Gasteiger partial charge in [0.2, 0.25) is 0 Å². The highest BCUT2D eigenvalue weighted by Crippen LogP contribution is 2.29. The van der Waals surface area contributed by atoms with E-state index in [4.69, 9.17) is 16.3 Å². The molecule has 1 N–H and O–H groups in total. The first-order chi connectivity index (χ1) is 17.0. The van der Waals surface area contributed by atoms with Crippen LogP contribution in [-0.2, 0) is 4.79 Å². The highest BCUT2D eigenvalue weighted by Gasteiger charge is 2.17. The van der Waals surface area contributed by atoms with Gasteiger partial charge in [-0.15, -0.1) is 10.2 Å². The SMILES string of the molecule is CCOc1ccc(-n2c(SCC(=O)N/N=C\c3ccc(F)cc3)nnc2-c2ccc(Cl)cc2)cc1. The second-order valence-electron chi connectivity index (χ2n) is 7.21. The van der Waals surface area contributed by atoms with Gasteiger partial charge in [-0.1, -0.05) is 35.5 Å². The van der Waals surface area contributed by atoms with Crippen LogP contribution in [0.3, 0.4) is 0 Å². The fourth-order valence-corrected chi connectivity index (χ4v) is 4.00. The molecule has 0 atom stereocenters. The third-order valence-electron chi connectivity index (χ3n) is 4.75. The number of carbonyl (C=O) groups is 1. The fourth-order valence-electron chi connectivity index (χ4n) is 3.13. The number of aromatic nitrogens is 3. The van der Waals surface area contributed by atoms with E-state index in [-0.39, 0.29) is 17.5 Å². The van der Waals surface area contributed by atoms with Gasteiger partial charge in [0.05, 0.1) is 18.6 Å². The molecule has 0 spiro atoms. The molecule has 178 valence electrons. The van der Waals surface area contributed by atoms with Crippen LogP contribution >= 0.6 is 23.4 Å². The second kappa shape index (κ2) is 11.6. The molecule has 0 fully saturated rings. The lowest BCUT2D eigenvalue weighted by atomic mass is 10.2. The molecule has 0 unspecified atom stereocenters. The van der Waals surface area contributed by atoms with Crippen LogP contribution in [0.1, 0.15) is 12.5 Å². The van der Waals surface area contributed by atoms with Crippen LogP contribution in [0, 0.1) is 5.82 Å². The number of halogens is 2. The minimum Gasteiger partial charge on any atom is -0.494 e. The highest BCUT2D eigenvalue weighted by atomic mass is 35.5. The molecular weight excluding hydrogens is 489 g/mol. The summed E-state index contributed by atoms with van der Waals surface area (Å²) in [6.45, 7) is 2.50. The molecule has 1 heterocycles. The van der Waals surface area contributed by atoms with E-state index in [1.807, 2.05) is 47.9 Å². The molecule has 4 aromatic rings. The van der Waals surface area contributed by atoms with Crippen molar-refractivity contribution in [3.8, 4) is 22.8 Å². The molecular formula is C25H21ClFN5O2S. The van der Waals surface area contributed by atoms with Crippen molar-refractivity contribution < 1.29 is 13.9 Å². The topological polar surface area (TPSA) is 81.4 Å². The summed E-state index contributed by atoms with van der Waals surface area (Å²) in [5.74, 6) is 0.782. The van der Waals surface area contributed by atoms with Crippen molar-refractivity contribution >= 4 is 35.5 Å². The fraction of sp³-hybridized carbons (Fsp3) is 0.120. The Morgan fingerprint density at radius 1 is 1.09 bits per heavy atom. The molecule has 0 aliphatic heterocycles. The Morgan fingerprint density at radius 2 is 1.80 bits per heavy atom. The van der Waals surface area contributed by atoms with Gasteiger partial charge in [0.15, 0.2) is 11.0 Å². The van der Waals surface area contributed by atoms with Gasteiger partial charge in [-0.25, -0.2) is 9.82 Å². The molecule has 10 heteroatoms. The van der Waals surface area contributed by atoms with E-state index in [1.54, 1.807) is 24.3 Å². The molecule has 1 amide bonds. The van der Waals surface area contributed by atoms with Crippen LogP contribution in [-0.4, -0.2) is 39.2 Å². The summed E-state index contributed by atoms with van der Waals surface area (Å²) in [5, 5.41) is 13.8. The van der Waals surface area contributed by atoms with Crippen molar-refractivity contribution in [2.45, 2.75) is 12.1 Å². The third kappa shape index (κ3) is 6.46. The molecule has 4 rings (SSSR count). The molecule has 0 aliphatic carbocycles. The number of benzene rings is 3. The van der Waals surface area contributed by atoms with Crippen molar-refractivity contribution in [1.82, 2.24) is 20.2 Å². The predicted molar refractivity (Wildman–Crippen MR) is 136 cm³/mol. The number of hydrogen-bond donors (Lipinski definition) is 1. The van der Waals surface area contributed by atoms with Crippen LogP contribution < -0.4 is 10.2 Å². The molecule has 0 bridgehead atoms. The van der Waals surface area contributed by atoms with E-state index in [1.165, 1.54) is 30.1 Å². The van der Waals surface area contributed by atoms with Crippen molar-refractivity contribution in [2.75, 3.05) is 12.4 Å². The standard InChI is InChI=1S/C25H21ClFN5O2S/c1-2-34-22-13-11-21(12-14-22)32-24(18-5-7-19(26)8-6-18)30-31-25(32)35-16-23(33)29-28-15-17-3-9-20(27)10-4-17/h3-15H,2,16H2,1H3,(H,29,33)/b28-15-. The van der Waals surface area contributed by atoms with E-state index in [9.17, 15) is 9.18 Å². The number of hydrogen-bond acceptors (Lipinski definition) is 6. The maximum atomic E-state index is 13.0. The van der Waals surface area contributed by atoms with Gasteiger partial charge in [-0.05, 0) is 73.2 Å². The number of thioether (sulfide) groups is 1. The maximum absolute atomic E-state index is 13.0. The Hall–Kier alpha value is -3.69. The highest BCUT2D eigenvalue weighted by molar-refractivity contribution is 7.99. The first-order valence-corrected chi connectivity index (χ1v) is 12.0. The average molecular weight is 510 g/mol. The Balaban J connectivity index is 1.52. The van der Waals surface area contributed by atoms with Crippen molar-refractivity contribution in [3.05, 3.63) is 89.2 Å². The monoisotopic (exact) mass is 509 g/mol. The molecule has 7 nitrogen and oxygen atoms in total. The predicted octanol–water partition coefficient (Wildman–Crippen LogP) is 5.37. The first kappa shape index (κ1) is 24.4. The minimum atomic E-state index is -0.336. The van der Waals surface area contributed by atoms with Gasteiger partial charge >= 0.3 is 0 Å². The Bertz CT molecular complexity index is 1310. The van der Waals surface area contributed by atoms with E-state index in [0.717, 1.165) is 17.0 Å². The quantitative estimate of drug-likeness (QED) is 0.186. The lowest BCUT2D eigenvalue weighted by Gasteiger charge is -2.11. The van der Waals surface area contributed by atoms with Gasteiger partial charge in [-0.3, -0.25) is 9.36 Å². The van der Waals surface area contributed by atoms with Crippen molar-refractivity contribution in [3.63, 3.8) is 0 Å². The number of ether oxygens (including phenoxy) is 1. The Morgan fingerprint density at radius 3 is 2.49 bits per heavy atom. The summed E-state index contributed by atoms with van der Waals surface area (Å²) >= 11 is 7.27. The minimum absolute atomic E-state index is 0.0660. The summed E-state index contributed by atoms with van der Waals surface area (Å²) < 4.78 is 20.4. The normalized spacial score (nSPS) is 11.1. The van der Waals surface area contributed by atoms with E-state index in [0.29, 0.717) is 28.2 Å². The van der Waals surface area contributed by atoms with Crippen molar-refractivity contribution in [1.29, 1.82) is 0 Å². The summed E-state index contributed by atoms with van der Waals surface area (Å²) in [6, 6.07) is 20.6. The number of carbonyl (C=O) groups excluding carboxylic acids is 1. The lowest BCUT2D eigenvalue weighted by Crippen LogP contribution is -2.20. The Labute approximate surface area is 211 Å². The number of nitrogens with zero attached hydrogens (tertiary/aromatic N) is 4. The lowest BCUT2D eigenvalue weighted by molar-refractivity contribution is -0.118. The summed E-state index contributed by atoms with van der Waals surface area (Å²) in [5.41, 5.74) is 4.79. The average Bonchev–Trinajstić information content (AvgIpc) is 3.29. The molecule has 0 aliphatic rings. The molecule has 3 aromatic carbocycles. The largest absolute Gasteiger partial charge is 0.494 e. The zero-order valence-corrected chi connectivity index (χ0v) is 20.3. The number of hydrazone groups is 1. The zero-order chi connectivity index (χ0) is 24.6. The number of amides is 1. The van der Waals surface area contributed by atoms with Crippen LogP contribution in [0.25, 0.3) is 17.1 Å². The van der Waals surface area contributed by atoms with E-state index < -0.39 is 0 Å². The molecule has 0 saturated carbocycles. The smallest absolute Gasteiger partial charge is 0.250 e. The first-order valence-electron chi connectivity index (χ1n) is 10.7. The summed E-state index contributed by atoms with van der Waals surface area (Å²) in [6.07, 6.45) is 1.45. The van der Waals surface area contributed by atoms with Gasteiger partial charge in [0.25, 0.3) is 5.91 Å². The van der Waals surface area contributed by atoms with Gasteiger partial charge in [0, 0.05) is 16.3 Å². The second-order valence-corrected chi connectivity index (χ2v) is 8.59. The maximum Gasteiger partial charge on any atom is 0.250 e. The van der Waals surface area contributed by atoms with Crippen LogP contribution in [0.15, 0.2) is 83.1 Å². The van der Waals surface area contributed by atoms with Gasteiger partial charge in [0.1, 0.15) is 11.6 Å². The molecule has 0 saturated heterocycles. The summed E-state index contributed by atoms with van der Waals surface area (Å²) in [4.78, 5) is 12.3. The molecule has 35 heavy (non-hydrogen) atoms. The van der Waals surface area contributed by atoms with E-state index in [2.05, 4.69) is 20.7 Å². The van der Waals surface area contributed by atoms with Crippen LogP contribution in [0.2, 0.25) is 5.02 Å².